The van der Waals surface area contributed by atoms with Crippen molar-refractivity contribution in [3.63, 3.8) is 0 Å². The van der Waals surface area contributed by atoms with E-state index in [9.17, 15) is 8.42 Å². The fraction of sp³-hybridized carbons (Fsp3) is 0.500. The zero-order valence-electron chi connectivity index (χ0n) is 10.8. The molecule has 4 nitrogen and oxygen atoms in total. The van der Waals surface area contributed by atoms with Gasteiger partial charge in [-0.2, -0.15) is 0 Å². The molecule has 0 radical (unpaired) electrons. The second-order valence-corrected chi connectivity index (χ2v) is 7.56. The van der Waals surface area contributed by atoms with Crippen LogP contribution in [0.1, 0.15) is 19.4 Å². The van der Waals surface area contributed by atoms with Crippen LogP contribution in [0.25, 0.3) is 0 Å². The minimum atomic E-state index is -3.18. The third kappa shape index (κ3) is 5.95. The Labute approximate surface area is 117 Å². The average molecular weight is 335 g/mol. The predicted octanol–water partition coefficient (Wildman–Crippen LogP) is 1.87. The van der Waals surface area contributed by atoms with Crippen molar-refractivity contribution in [1.82, 2.24) is 10.0 Å². The number of hydrogen-bond acceptors (Lipinski definition) is 3. The highest BCUT2D eigenvalue weighted by Gasteiger charge is 2.21. The van der Waals surface area contributed by atoms with Crippen molar-refractivity contribution < 1.29 is 8.42 Å². The van der Waals surface area contributed by atoms with E-state index in [1.54, 1.807) is 0 Å². The van der Waals surface area contributed by atoms with Gasteiger partial charge in [-0.3, -0.25) is 0 Å². The van der Waals surface area contributed by atoms with Gasteiger partial charge in [-0.15, -0.1) is 0 Å². The van der Waals surface area contributed by atoms with E-state index in [1.807, 2.05) is 38.1 Å². The van der Waals surface area contributed by atoms with Gasteiger partial charge in [0, 0.05) is 23.1 Å². The van der Waals surface area contributed by atoms with Gasteiger partial charge in [-0.1, -0.05) is 34.1 Å². The van der Waals surface area contributed by atoms with Crippen LogP contribution in [0.15, 0.2) is 28.7 Å². The van der Waals surface area contributed by atoms with Crippen molar-refractivity contribution in [2.75, 3.05) is 12.8 Å². The zero-order valence-corrected chi connectivity index (χ0v) is 13.2. The lowest BCUT2D eigenvalue weighted by Gasteiger charge is -2.25. The van der Waals surface area contributed by atoms with Gasteiger partial charge in [0.1, 0.15) is 0 Å². The van der Waals surface area contributed by atoms with Gasteiger partial charge < -0.3 is 5.32 Å². The van der Waals surface area contributed by atoms with Crippen LogP contribution in [0.3, 0.4) is 0 Å². The molecule has 0 saturated carbocycles. The first-order valence-electron chi connectivity index (χ1n) is 5.63. The highest BCUT2D eigenvalue weighted by atomic mass is 79.9. The van der Waals surface area contributed by atoms with Crippen molar-refractivity contribution in [3.05, 3.63) is 34.3 Å². The molecule has 0 aliphatic carbocycles. The number of halogens is 1. The van der Waals surface area contributed by atoms with Gasteiger partial charge >= 0.3 is 0 Å². The molecule has 6 heteroatoms. The van der Waals surface area contributed by atoms with Crippen LogP contribution in [-0.4, -0.2) is 26.8 Å². The monoisotopic (exact) mass is 334 g/mol. The van der Waals surface area contributed by atoms with E-state index in [1.165, 1.54) is 6.26 Å². The van der Waals surface area contributed by atoms with Crippen LogP contribution in [0.4, 0.5) is 0 Å². The normalized spacial score (nSPS) is 12.7. The van der Waals surface area contributed by atoms with Crippen LogP contribution in [0.2, 0.25) is 0 Å². The van der Waals surface area contributed by atoms with Gasteiger partial charge in [-0.25, -0.2) is 13.1 Å². The first kappa shape index (κ1) is 15.6. The van der Waals surface area contributed by atoms with E-state index < -0.39 is 15.6 Å². The van der Waals surface area contributed by atoms with Crippen molar-refractivity contribution in [2.24, 2.45) is 0 Å². The summed E-state index contributed by atoms with van der Waals surface area (Å²) in [4.78, 5) is 0. The number of nitrogens with one attached hydrogen (secondary N) is 2. The largest absolute Gasteiger partial charge is 0.311 e. The maximum Gasteiger partial charge on any atom is 0.209 e. The Hall–Kier alpha value is -0.430. The van der Waals surface area contributed by atoms with Gasteiger partial charge in [0.05, 0.1) is 6.26 Å². The summed E-state index contributed by atoms with van der Waals surface area (Å²) in [7, 11) is -3.18. The smallest absolute Gasteiger partial charge is 0.209 e. The molecule has 0 fully saturated rings. The fourth-order valence-electron chi connectivity index (χ4n) is 1.69. The van der Waals surface area contributed by atoms with E-state index in [-0.39, 0.29) is 0 Å². The van der Waals surface area contributed by atoms with Crippen molar-refractivity contribution in [1.29, 1.82) is 0 Å². The first-order chi connectivity index (χ1) is 8.20. The lowest BCUT2D eigenvalue weighted by molar-refractivity contribution is 0.421. The molecular formula is C12H19BrN2O2S. The number of rotatable bonds is 6. The summed E-state index contributed by atoms with van der Waals surface area (Å²) in [5, 5.41) is 3.25. The van der Waals surface area contributed by atoms with Gasteiger partial charge in [-0.05, 0) is 25.5 Å². The standard InChI is InChI=1S/C12H19BrN2O2S/c1-12(2,15-18(3,16)17)9-14-8-10-6-4-5-7-11(10)13/h4-7,14-15H,8-9H2,1-3H3. The molecule has 18 heavy (non-hydrogen) atoms. The van der Waals surface area contributed by atoms with Crippen molar-refractivity contribution >= 4 is 26.0 Å². The van der Waals surface area contributed by atoms with Crippen LogP contribution < -0.4 is 10.0 Å². The van der Waals surface area contributed by atoms with Crippen molar-refractivity contribution in [3.8, 4) is 0 Å². The van der Waals surface area contributed by atoms with E-state index in [0.717, 1.165) is 10.0 Å². The fourth-order valence-corrected chi connectivity index (χ4v) is 3.19. The lowest BCUT2D eigenvalue weighted by atomic mass is 10.1. The molecule has 0 bridgehead atoms. The number of sulfonamides is 1. The quantitative estimate of drug-likeness (QED) is 0.834. The molecule has 1 aromatic rings. The predicted molar refractivity (Wildman–Crippen MR) is 77.9 cm³/mol. The molecule has 0 aromatic heterocycles. The molecular weight excluding hydrogens is 316 g/mol. The molecule has 0 amide bonds. The van der Waals surface area contributed by atoms with E-state index in [2.05, 4.69) is 26.0 Å². The topological polar surface area (TPSA) is 58.2 Å². The second kappa shape index (κ2) is 6.14. The Balaban J connectivity index is 2.49. The zero-order chi connectivity index (χ0) is 13.8. The molecule has 0 atom stereocenters. The minimum Gasteiger partial charge on any atom is -0.311 e. The Kier molecular flexibility index (Phi) is 5.33. The van der Waals surface area contributed by atoms with Gasteiger partial charge in [0.2, 0.25) is 10.0 Å². The maximum absolute atomic E-state index is 11.2. The lowest BCUT2D eigenvalue weighted by Crippen LogP contribution is -2.49. The summed E-state index contributed by atoms with van der Waals surface area (Å²) in [6.07, 6.45) is 1.17. The molecule has 2 N–H and O–H groups in total. The van der Waals surface area contributed by atoms with E-state index in [4.69, 9.17) is 0 Å². The highest BCUT2D eigenvalue weighted by Crippen LogP contribution is 2.15. The summed E-state index contributed by atoms with van der Waals surface area (Å²) in [6.45, 7) is 4.94. The molecule has 0 aliphatic heterocycles. The Morgan fingerprint density at radius 1 is 1.28 bits per heavy atom. The maximum atomic E-state index is 11.2. The van der Waals surface area contributed by atoms with Crippen LogP contribution >= 0.6 is 15.9 Å². The molecule has 0 spiro atoms. The van der Waals surface area contributed by atoms with Crippen LogP contribution in [0, 0.1) is 0 Å². The van der Waals surface area contributed by atoms with Gasteiger partial charge in [0.25, 0.3) is 0 Å². The van der Waals surface area contributed by atoms with Crippen molar-refractivity contribution in [2.45, 2.75) is 25.9 Å². The highest BCUT2D eigenvalue weighted by molar-refractivity contribution is 9.10. The summed E-state index contributed by atoms with van der Waals surface area (Å²) < 4.78 is 26.0. The van der Waals surface area contributed by atoms with Gasteiger partial charge in [0.15, 0.2) is 0 Å². The number of hydrogen-bond donors (Lipinski definition) is 2. The molecule has 0 saturated heterocycles. The van der Waals surface area contributed by atoms with E-state index >= 15 is 0 Å². The van der Waals surface area contributed by atoms with E-state index in [0.29, 0.717) is 13.1 Å². The molecule has 0 heterocycles. The first-order valence-corrected chi connectivity index (χ1v) is 8.31. The summed E-state index contributed by atoms with van der Waals surface area (Å²) in [5.41, 5.74) is 0.641. The molecule has 102 valence electrons. The molecule has 0 unspecified atom stereocenters. The minimum absolute atomic E-state index is 0.505. The Morgan fingerprint density at radius 3 is 2.44 bits per heavy atom. The average Bonchev–Trinajstić information content (AvgIpc) is 2.17. The molecule has 1 aromatic carbocycles. The molecule has 1 rings (SSSR count). The summed E-state index contributed by atoms with van der Waals surface area (Å²) in [6, 6.07) is 7.94. The summed E-state index contributed by atoms with van der Waals surface area (Å²) in [5.74, 6) is 0. The third-order valence-electron chi connectivity index (χ3n) is 2.30. The number of benzene rings is 1. The van der Waals surface area contributed by atoms with Crippen LogP contribution in [0.5, 0.6) is 0 Å². The Bertz CT molecular complexity index is 501. The van der Waals surface area contributed by atoms with Crippen LogP contribution in [-0.2, 0) is 16.6 Å². The second-order valence-electron chi connectivity index (χ2n) is 4.95. The Morgan fingerprint density at radius 2 is 1.89 bits per heavy atom. The summed E-state index contributed by atoms with van der Waals surface area (Å²) >= 11 is 3.47. The SMILES string of the molecule is CC(C)(CNCc1ccccc1Br)NS(C)(=O)=O. The molecule has 0 aliphatic rings. The third-order valence-corrected chi connectivity index (χ3v) is 4.00.